The maximum atomic E-state index is 13.3. The van der Waals surface area contributed by atoms with E-state index < -0.39 is 0 Å². The predicted molar refractivity (Wildman–Crippen MR) is 114 cm³/mol. The van der Waals surface area contributed by atoms with Gasteiger partial charge in [-0.2, -0.15) is 0 Å². The summed E-state index contributed by atoms with van der Waals surface area (Å²) in [5.74, 6) is 0.407. The van der Waals surface area contributed by atoms with Crippen molar-refractivity contribution < 1.29 is 9.29 Å². The minimum Gasteiger partial charge on any atom is -0.342 e. The highest BCUT2D eigenvalue weighted by atomic mass is 19.1. The van der Waals surface area contributed by atoms with Gasteiger partial charge in [0.1, 0.15) is 18.9 Å². The van der Waals surface area contributed by atoms with E-state index in [1.54, 1.807) is 12.1 Å². The van der Waals surface area contributed by atoms with Gasteiger partial charge in [0, 0.05) is 24.2 Å². The van der Waals surface area contributed by atoms with Crippen LogP contribution in [0.3, 0.4) is 0 Å². The molecule has 0 bridgehead atoms. The molecule has 1 unspecified atom stereocenters. The summed E-state index contributed by atoms with van der Waals surface area (Å²) < 4.78 is 15.6. The Hall–Kier alpha value is -2.39. The van der Waals surface area contributed by atoms with Crippen LogP contribution in [0, 0.1) is 18.7 Å². The lowest BCUT2D eigenvalue weighted by Gasteiger charge is -2.29. The van der Waals surface area contributed by atoms with E-state index in [0.717, 1.165) is 19.6 Å². The molecule has 3 heteroatoms. The fourth-order valence-electron chi connectivity index (χ4n) is 3.72. The summed E-state index contributed by atoms with van der Waals surface area (Å²) in [5.41, 5.74) is 5.14. The highest BCUT2D eigenvalue weighted by molar-refractivity contribution is 5.23. The number of hydrogen-bond donors (Lipinski definition) is 1. The van der Waals surface area contributed by atoms with Crippen LogP contribution in [-0.4, -0.2) is 10.6 Å². The SMILES string of the molecule is Cc1cccc(Cn2cccc2C[NH+](Cc2ccc(F)cc2)[C@@H](C)C(C)C)c1. The van der Waals surface area contributed by atoms with Crippen LogP contribution in [0.4, 0.5) is 4.39 Å². The highest BCUT2D eigenvalue weighted by Crippen LogP contribution is 2.10. The van der Waals surface area contributed by atoms with Crippen molar-refractivity contribution >= 4 is 0 Å². The number of aryl methyl sites for hydroxylation is 1. The molecule has 2 atom stereocenters. The summed E-state index contributed by atoms with van der Waals surface area (Å²) in [7, 11) is 0. The van der Waals surface area contributed by atoms with Crippen LogP contribution in [0.1, 0.15) is 43.2 Å². The van der Waals surface area contributed by atoms with Crippen LogP contribution < -0.4 is 4.90 Å². The first-order chi connectivity index (χ1) is 13.4. The van der Waals surface area contributed by atoms with Gasteiger partial charge in [-0.05, 0) is 43.7 Å². The second kappa shape index (κ2) is 9.20. The zero-order chi connectivity index (χ0) is 20.1. The third-order valence-corrected chi connectivity index (χ3v) is 5.76. The lowest BCUT2D eigenvalue weighted by molar-refractivity contribution is -0.954. The molecule has 0 fully saturated rings. The Balaban J connectivity index is 1.79. The predicted octanol–water partition coefficient (Wildman–Crippen LogP) is 4.61. The molecule has 0 aliphatic rings. The summed E-state index contributed by atoms with van der Waals surface area (Å²) in [6, 6.07) is 20.5. The van der Waals surface area contributed by atoms with Crippen LogP contribution in [-0.2, 0) is 19.6 Å². The average Bonchev–Trinajstić information content (AvgIpc) is 3.09. The van der Waals surface area contributed by atoms with Gasteiger partial charge in [-0.3, -0.25) is 0 Å². The maximum Gasteiger partial charge on any atom is 0.123 e. The number of halogens is 1. The van der Waals surface area contributed by atoms with Gasteiger partial charge in [0.25, 0.3) is 0 Å². The average molecular weight is 380 g/mol. The number of hydrogen-bond acceptors (Lipinski definition) is 0. The Bertz CT molecular complexity index is 880. The van der Waals surface area contributed by atoms with Gasteiger partial charge in [0.2, 0.25) is 0 Å². The van der Waals surface area contributed by atoms with Crippen LogP contribution in [0.5, 0.6) is 0 Å². The summed E-state index contributed by atoms with van der Waals surface area (Å²) in [4.78, 5) is 1.51. The molecular formula is C25H32FN2+. The number of nitrogens with zero attached hydrogens (tertiary/aromatic N) is 1. The summed E-state index contributed by atoms with van der Waals surface area (Å²) in [6.45, 7) is 11.8. The van der Waals surface area contributed by atoms with E-state index in [0.29, 0.717) is 12.0 Å². The Morgan fingerprint density at radius 1 is 0.893 bits per heavy atom. The van der Waals surface area contributed by atoms with Crippen molar-refractivity contribution in [3.8, 4) is 0 Å². The molecule has 0 amide bonds. The molecule has 2 nitrogen and oxygen atoms in total. The fourth-order valence-corrected chi connectivity index (χ4v) is 3.72. The fraction of sp³-hybridized carbons (Fsp3) is 0.360. The van der Waals surface area contributed by atoms with E-state index in [4.69, 9.17) is 0 Å². The Morgan fingerprint density at radius 3 is 2.32 bits per heavy atom. The largest absolute Gasteiger partial charge is 0.342 e. The minimum absolute atomic E-state index is 0.172. The molecule has 0 spiro atoms. The number of aromatic nitrogens is 1. The minimum atomic E-state index is -0.172. The number of nitrogens with one attached hydrogen (secondary N) is 1. The van der Waals surface area contributed by atoms with Gasteiger partial charge in [-0.25, -0.2) is 4.39 Å². The molecular weight excluding hydrogens is 347 g/mol. The van der Waals surface area contributed by atoms with Gasteiger partial charge in [0.15, 0.2) is 0 Å². The van der Waals surface area contributed by atoms with Crippen LogP contribution in [0.25, 0.3) is 0 Å². The van der Waals surface area contributed by atoms with Crippen molar-refractivity contribution in [3.63, 3.8) is 0 Å². The summed E-state index contributed by atoms with van der Waals surface area (Å²) in [6.07, 6.45) is 2.17. The molecule has 3 rings (SSSR count). The molecule has 3 aromatic rings. The summed E-state index contributed by atoms with van der Waals surface area (Å²) >= 11 is 0. The monoisotopic (exact) mass is 379 g/mol. The molecule has 28 heavy (non-hydrogen) atoms. The van der Waals surface area contributed by atoms with E-state index in [1.165, 1.54) is 27.3 Å². The highest BCUT2D eigenvalue weighted by Gasteiger charge is 2.23. The Labute approximate surface area is 168 Å². The van der Waals surface area contributed by atoms with E-state index in [-0.39, 0.29) is 5.82 Å². The number of benzene rings is 2. The maximum absolute atomic E-state index is 13.3. The van der Waals surface area contributed by atoms with E-state index >= 15 is 0 Å². The van der Waals surface area contributed by atoms with Gasteiger partial charge in [-0.1, -0.05) is 55.8 Å². The van der Waals surface area contributed by atoms with E-state index in [9.17, 15) is 4.39 Å². The Morgan fingerprint density at radius 2 is 1.64 bits per heavy atom. The van der Waals surface area contributed by atoms with Crippen LogP contribution >= 0.6 is 0 Å². The second-order valence-electron chi connectivity index (χ2n) is 8.29. The van der Waals surface area contributed by atoms with E-state index in [2.05, 4.69) is 74.9 Å². The first-order valence-corrected chi connectivity index (χ1v) is 10.2. The molecule has 1 aromatic heterocycles. The first kappa shape index (κ1) is 20.3. The molecule has 0 saturated carbocycles. The van der Waals surface area contributed by atoms with Crippen molar-refractivity contribution in [1.29, 1.82) is 0 Å². The lowest BCUT2D eigenvalue weighted by atomic mass is 10.0. The number of quaternary nitrogens is 1. The number of rotatable bonds is 8. The third-order valence-electron chi connectivity index (χ3n) is 5.76. The standard InChI is InChI=1S/C25H31FN2/c1-19(2)21(4)28(16-22-10-12-24(26)13-11-22)18-25-9-6-14-27(25)17-23-8-5-7-20(3)15-23/h5-15,19,21H,16-18H2,1-4H3/p+1/t21-/m0/s1. The smallest absolute Gasteiger partial charge is 0.123 e. The van der Waals surface area contributed by atoms with Gasteiger partial charge >= 0.3 is 0 Å². The quantitative estimate of drug-likeness (QED) is 0.585. The second-order valence-corrected chi connectivity index (χ2v) is 8.29. The molecule has 148 valence electrons. The Kier molecular flexibility index (Phi) is 6.69. The van der Waals surface area contributed by atoms with Crippen LogP contribution in [0.15, 0.2) is 66.9 Å². The third kappa shape index (κ3) is 5.32. The van der Waals surface area contributed by atoms with Gasteiger partial charge in [-0.15, -0.1) is 0 Å². The van der Waals surface area contributed by atoms with Gasteiger partial charge < -0.3 is 9.47 Å². The molecule has 1 heterocycles. The molecule has 1 N–H and O–H groups in total. The molecule has 0 aliphatic heterocycles. The van der Waals surface area contributed by atoms with Crippen molar-refractivity contribution in [3.05, 3.63) is 95.1 Å². The van der Waals surface area contributed by atoms with Crippen molar-refractivity contribution in [2.24, 2.45) is 5.92 Å². The topological polar surface area (TPSA) is 9.37 Å². The lowest BCUT2D eigenvalue weighted by Crippen LogP contribution is -3.13. The summed E-state index contributed by atoms with van der Waals surface area (Å²) in [5, 5.41) is 0. The normalized spacial score (nSPS) is 13.6. The van der Waals surface area contributed by atoms with Crippen molar-refractivity contribution in [2.75, 3.05) is 0 Å². The van der Waals surface area contributed by atoms with Gasteiger partial charge in [0.05, 0.1) is 11.7 Å². The first-order valence-electron chi connectivity index (χ1n) is 10.2. The molecule has 2 aromatic carbocycles. The zero-order valence-electron chi connectivity index (χ0n) is 17.5. The van der Waals surface area contributed by atoms with Crippen molar-refractivity contribution in [1.82, 2.24) is 4.57 Å². The van der Waals surface area contributed by atoms with E-state index in [1.807, 2.05) is 12.1 Å². The van der Waals surface area contributed by atoms with Crippen LogP contribution in [0.2, 0.25) is 0 Å². The molecule has 0 saturated heterocycles. The van der Waals surface area contributed by atoms with Crippen molar-refractivity contribution in [2.45, 2.75) is 53.4 Å². The molecule has 0 aliphatic carbocycles. The zero-order valence-corrected chi connectivity index (χ0v) is 17.5. The molecule has 0 radical (unpaired) electrons.